The first-order valence-corrected chi connectivity index (χ1v) is 8.20. The summed E-state index contributed by atoms with van der Waals surface area (Å²) in [5, 5.41) is 6.00. The van der Waals surface area contributed by atoms with Crippen LogP contribution in [-0.2, 0) is 4.79 Å². The van der Waals surface area contributed by atoms with Gasteiger partial charge in [-0.05, 0) is 25.0 Å². The van der Waals surface area contributed by atoms with Crippen molar-refractivity contribution in [3.8, 4) is 5.75 Å². The minimum absolute atomic E-state index is 0.103. The minimum atomic E-state index is -0.103. The molecule has 126 valence electrons. The van der Waals surface area contributed by atoms with Gasteiger partial charge in [0.15, 0.2) is 5.96 Å². The van der Waals surface area contributed by atoms with E-state index < -0.39 is 0 Å². The molecule has 0 aromatic heterocycles. The van der Waals surface area contributed by atoms with Crippen molar-refractivity contribution in [1.82, 2.24) is 5.32 Å². The van der Waals surface area contributed by atoms with E-state index in [9.17, 15) is 4.79 Å². The number of nitrogens with zero attached hydrogens (tertiary/aromatic N) is 1. The maximum atomic E-state index is 11.0. The molecule has 0 heterocycles. The summed E-state index contributed by atoms with van der Waals surface area (Å²) in [4.78, 5) is 15.3. The van der Waals surface area contributed by atoms with Gasteiger partial charge in [0.05, 0.1) is 6.54 Å². The average molecular weight is 318 g/mol. The summed E-state index contributed by atoms with van der Waals surface area (Å²) in [5.74, 6) is 1.09. The summed E-state index contributed by atoms with van der Waals surface area (Å²) in [5.41, 5.74) is 6.62. The van der Waals surface area contributed by atoms with Crippen molar-refractivity contribution in [2.24, 2.45) is 10.7 Å². The van der Waals surface area contributed by atoms with Gasteiger partial charge in [-0.2, -0.15) is 0 Å². The lowest BCUT2D eigenvalue weighted by Gasteiger charge is -2.23. The topological polar surface area (TPSA) is 88.7 Å². The van der Waals surface area contributed by atoms with Crippen molar-refractivity contribution in [1.29, 1.82) is 0 Å². The van der Waals surface area contributed by atoms with Crippen LogP contribution in [0.15, 0.2) is 29.3 Å². The number of carbonyl (C=O) groups is 1. The SMILES string of the molecule is CC(=O)Nc1cccc(OCCN=C(N)NC2CCCCC2)c1. The van der Waals surface area contributed by atoms with Crippen molar-refractivity contribution < 1.29 is 9.53 Å². The second-order valence-corrected chi connectivity index (χ2v) is 5.80. The number of aliphatic imine (C=N–C) groups is 1. The Labute approximate surface area is 137 Å². The number of carbonyl (C=O) groups excluding carboxylic acids is 1. The molecule has 4 N–H and O–H groups in total. The van der Waals surface area contributed by atoms with E-state index in [-0.39, 0.29) is 5.91 Å². The number of hydrogen-bond donors (Lipinski definition) is 3. The zero-order valence-electron chi connectivity index (χ0n) is 13.7. The van der Waals surface area contributed by atoms with Gasteiger partial charge in [0, 0.05) is 24.7 Å². The van der Waals surface area contributed by atoms with Gasteiger partial charge in [-0.1, -0.05) is 25.3 Å². The van der Waals surface area contributed by atoms with Gasteiger partial charge in [-0.25, -0.2) is 4.99 Å². The third kappa shape index (κ3) is 6.59. The van der Waals surface area contributed by atoms with E-state index in [4.69, 9.17) is 10.5 Å². The van der Waals surface area contributed by atoms with Gasteiger partial charge in [-0.15, -0.1) is 0 Å². The molecule has 2 rings (SSSR count). The number of amides is 1. The molecule has 1 aromatic carbocycles. The number of guanidine groups is 1. The Balaban J connectivity index is 1.71. The Morgan fingerprint density at radius 2 is 2.13 bits per heavy atom. The van der Waals surface area contributed by atoms with Crippen LogP contribution in [0.3, 0.4) is 0 Å². The fourth-order valence-electron chi connectivity index (χ4n) is 2.70. The van der Waals surface area contributed by atoms with Crippen LogP contribution in [0.1, 0.15) is 39.0 Å². The van der Waals surface area contributed by atoms with Crippen molar-refractivity contribution in [3.05, 3.63) is 24.3 Å². The van der Waals surface area contributed by atoms with Gasteiger partial charge in [0.25, 0.3) is 0 Å². The van der Waals surface area contributed by atoms with Crippen LogP contribution in [0.2, 0.25) is 0 Å². The number of anilines is 1. The molecule has 0 atom stereocenters. The van der Waals surface area contributed by atoms with Crippen molar-refractivity contribution in [2.75, 3.05) is 18.5 Å². The first-order valence-electron chi connectivity index (χ1n) is 8.20. The Morgan fingerprint density at radius 3 is 2.87 bits per heavy atom. The summed E-state index contributed by atoms with van der Waals surface area (Å²) in [6, 6.07) is 7.75. The fraction of sp³-hybridized carbons (Fsp3) is 0.529. The molecule has 1 fully saturated rings. The third-order valence-corrected chi connectivity index (χ3v) is 3.75. The molecule has 23 heavy (non-hydrogen) atoms. The summed E-state index contributed by atoms with van der Waals surface area (Å²) in [6.45, 7) is 2.41. The molecule has 0 bridgehead atoms. The normalized spacial score (nSPS) is 16.0. The molecule has 0 saturated heterocycles. The largest absolute Gasteiger partial charge is 0.492 e. The number of ether oxygens (including phenoxy) is 1. The maximum absolute atomic E-state index is 11.0. The lowest BCUT2D eigenvalue weighted by Crippen LogP contribution is -2.41. The lowest BCUT2D eigenvalue weighted by molar-refractivity contribution is -0.114. The van der Waals surface area contributed by atoms with E-state index in [0.29, 0.717) is 30.9 Å². The molecule has 0 radical (unpaired) electrons. The Bertz CT molecular complexity index is 539. The highest BCUT2D eigenvalue weighted by Crippen LogP contribution is 2.18. The Morgan fingerprint density at radius 1 is 1.35 bits per heavy atom. The highest BCUT2D eigenvalue weighted by atomic mass is 16.5. The van der Waals surface area contributed by atoms with E-state index in [0.717, 1.165) is 5.69 Å². The molecule has 1 amide bonds. The zero-order valence-corrected chi connectivity index (χ0v) is 13.7. The van der Waals surface area contributed by atoms with Crippen LogP contribution in [0, 0.1) is 0 Å². The molecule has 1 aliphatic carbocycles. The van der Waals surface area contributed by atoms with Crippen LogP contribution < -0.4 is 21.1 Å². The second kappa shape index (κ2) is 9.02. The molecular formula is C17H26N4O2. The molecule has 1 saturated carbocycles. The number of nitrogens with one attached hydrogen (secondary N) is 2. The number of rotatable bonds is 6. The molecule has 0 unspecified atom stereocenters. The van der Waals surface area contributed by atoms with E-state index in [1.54, 1.807) is 6.07 Å². The van der Waals surface area contributed by atoms with Gasteiger partial charge in [-0.3, -0.25) is 4.79 Å². The molecule has 1 aromatic rings. The fourth-order valence-corrected chi connectivity index (χ4v) is 2.70. The van der Waals surface area contributed by atoms with Crippen molar-refractivity contribution >= 4 is 17.6 Å². The van der Waals surface area contributed by atoms with Gasteiger partial charge in [0.2, 0.25) is 5.91 Å². The van der Waals surface area contributed by atoms with Crippen LogP contribution in [-0.4, -0.2) is 31.1 Å². The molecule has 6 heteroatoms. The first-order chi connectivity index (χ1) is 11.1. The lowest BCUT2D eigenvalue weighted by atomic mass is 9.96. The first kappa shape index (κ1) is 17.1. The van der Waals surface area contributed by atoms with Gasteiger partial charge < -0.3 is 21.1 Å². The predicted molar refractivity (Wildman–Crippen MR) is 92.7 cm³/mol. The molecule has 0 spiro atoms. The Hall–Kier alpha value is -2.24. The Kier molecular flexibility index (Phi) is 6.72. The second-order valence-electron chi connectivity index (χ2n) is 5.80. The number of nitrogens with two attached hydrogens (primary N) is 1. The number of hydrogen-bond acceptors (Lipinski definition) is 3. The van der Waals surface area contributed by atoms with Crippen LogP contribution in [0.25, 0.3) is 0 Å². The van der Waals surface area contributed by atoms with E-state index in [1.807, 2.05) is 18.2 Å². The summed E-state index contributed by atoms with van der Waals surface area (Å²) in [6.07, 6.45) is 6.18. The maximum Gasteiger partial charge on any atom is 0.221 e. The standard InChI is InChI=1S/C17H26N4O2/c1-13(22)20-15-8-5-9-16(12-15)23-11-10-19-17(18)21-14-6-3-2-4-7-14/h5,8-9,12,14H,2-4,6-7,10-11H2,1H3,(H,20,22)(H3,18,19,21). The summed E-state index contributed by atoms with van der Waals surface area (Å²) < 4.78 is 5.63. The smallest absolute Gasteiger partial charge is 0.221 e. The van der Waals surface area contributed by atoms with E-state index in [2.05, 4.69) is 15.6 Å². The van der Waals surface area contributed by atoms with Crippen molar-refractivity contribution in [2.45, 2.75) is 45.1 Å². The minimum Gasteiger partial charge on any atom is -0.492 e. The molecule has 0 aliphatic heterocycles. The molecule has 1 aliphatic rings. The summed E-state index contributed by atoms with van der Waals surface area (Å²) >= 11 is 0. The third-order valence-electron chi connectivity index (χ3n) is 3.75. The van der Waals surface area contributed by atoms with Crippen LogP contribution in [0.4, 0.5) is 5.69 Å². The predicted octanol–water partition coefficient (Wildman–Crippen LogP) is 2.26. The highest BCUT2D eigenvalue weighted by molar-refractivity contribution is 5.88. The van der Waals surface area contributed by atoms with Gasteiger partial charge in [0.1, 0.15) is 12.4 Å². The zero-order chi connectivity index (χ0) is 16.5. The summed E-state index contributed by atoms with van der Waals surface area (Å²) in [7, 11) is 0. The van der Waals surface area contributed by atoms with E-state index in [1.165, 1.54) is 39.0 Å². The quantitative estimate of drug-likeness (QED) is 0.426. The monoisotopic (exact) mass is 318 g/mol. The van der Waals surface area contributed by atoms with E-state index >= 15 is 0 Å². The number of benzene rings is 1. The highest BCUT2D eigenvalue weighted by Gasteiger charge is 2.13. The van der Waals surface area contributed by atoms with Crippen LogP contribution >= 0.6 is 0 Å². The van der Waals surface area contributed by atoms with Gasteiger partial charge >= 0.3 is 0 Å². The van der Waals surface area contributed by atoms with Crippen LogP contribution in [0.5, 0.6) is 5.75 Å². The molecule has 6 nitrogen and oxygen atoms in total. The van der Waals surface area contributed by atoms with Crippen molar-refractivity contribution in [3.63, 3.8) is 0 Å². The average Bonchev–Trinajstić information content (AvgIpc) is 2.52. The molecular weight excluding hydrogens is 292 g/mol.